The quantitative estimate of drug-likeness (QED) is 0.787. The number of hydrogen-bond acceptors (Lipinski definition) is 2. The van der Waals surface area contributed by atoms with Gasteiger partial charge in [0.25, 0.3) is 0 Å². The molecule has 0 spiro atoms. The summed E-state index contributed by atoms with van der Waals surface area (Å²) in [4.78, 5) is 11.8. The molecule has 0 unspecified atom stereocenters. The maximum absolute atomic E-state index is 11.8. The van der Waals surface area contributed by atoms with Gasteiger partial charge in [-0.15, -0.1) is 0 Å². The molecular formula is C11H12BrNO2. The van der Waals surface area contributed by atoms with E-state index in [-0.39, 0.29) is 5.91 Å². The molecule has 2 rings (SSSR count). The Balaban J connectivity index is 2.40. The van der Waals surface area contributed by atoms with Crippen LogP contribution in [0.5, 0.6) is 5.75 Å². The highest BCUT2D eigenvalue weighted by Gasteiger charge is 2.32. The fourth-order valence-electron chi connectivity index (χ4n) is 1.33. The summed E-state index contributed by atoms with van der Waals surface area (Å²) < 4.78 is 6.54. The number of fused-ring (bicyclic) bond motifs is 1. The van der Waals surface area contributed by atoms with Crippen LogP contribution in [0.4, 0.5) is 5.69 Å². The lowest BCUT2D eigenvalue weighted by Crippen LogP contribution is -2.33. The highest BCUT2D eigenvalue weighted by atomic mass is 79.9. The minimum atomic E-state index is -0.495. The van der Waals surface area contributed by atoms with Crippen molar-refractivity contribution in [2.45, 2.75) is 13.8 Å². The van der Waals surface area contributed by atoms with E-state index in [2.05, 4.69) is 21.2 Å². The van der Waals surface area contributed by atoms with E-state index in [9.17, 15) is 4.79 Å². The second-order valence-corrected chi connectivity index (χ2v) is 5.18. The molecule has 1 N–H and O–H groups in total. The van der Waals surface area contributed by atoms with E-state index in [1.165, 1.54) is 0 Å². The summed E-state index contributed by atoms with van der Waals surface area (Å²) >= 11 is 3.37. The number of carbonyl (C=O) groups is 1. The molecule has 0 fully saturated rings. The number of nitrogens with one attached hydrogen (secondary N) is 1. The molecule has 0 saturated heterocycles. The Morgan fingerprint density at radius 2 is 2.20 bits per heavy atom. The average molecular weight is 270 g/mol. The van der Waals surface area contributed by atoms with Gasteiger partial charge >= 0.3 is 0 Å². The maximum atomic E-state index is 11.8. The van der Waals surface area contributed by atoms with E-state index in [1.807, 2.05) is 32.0 Å². The van der Waals surface area contributed by atoms with Crippen LogP contribution in [0, 0.1) is 5.41 Å². The van der Waals surface area contributed by atoms with Gasteiger partial charge in [0.05, 0.1) is 11.1 Å². The number of halogens is 1. The van der Waals surface area contributed by atoms with Crippen LogP contribution in [0.15, 0.2) is 22.7 Å². The molecule has 4 heteroatoms. The SMILES string of the molecule is CC1(C)COc2cc(Br)ccc2NC1=O. The summed E-state index contributed by atoms with van der Waals surface area (Å²) in [5.74, 6) is 0.701. The topological polar surface area (TPSA) is 38.3 Å². The Kier molecular flexibility index (Phi) is 2.46. The fraction of sp³-hybridized carbons (Fsp3) is 0.364. The van der Waals surface area contributed by atoms with Gasteiger partial charge in [-0.2, -0.15) is 0 Å². The fourth-order valence-corrected chi connectivity index (χ4v) is 1.67. The van der Waals surface area contributed by atoms with Crippen molar-refractivity contribution in [3.8, 4) is 5.75 Å². The zero-order valence-electron chi connectivity index (χ0n) is 8.63. The number of hydrogen-bond donors (Lipinski definition) is 1. The molecule has 0 aliphatic carbocycles. The summed E-state index contributed by atoms with van der Waals surface area (Å²) in [6.45, 7) is 4.12. The summed E-state index contributed by atoms with van der Waals surface area (Å²) in [6.07, 6.45) is 0. The van der Waals surface area contributed by atoms with Gasteiger partial charge in [-0.25, -0.2) is 0 Å². The molecule has 3 nitrogen and oxygen atoms in total. The molecule has 0 bridgehead atoms. The minimum absolute atomic E-state index is 0.0106. The summed E-state index contributed by atoms with van der Waals surface area (Å²) in [5, 5.41) is 2.86. The van der Waals surface area contributed by atoms with Crippen molar-refractivity contribution in [1.29, 1.82) is 0 Å². The Labute approximate surface area is 96.9 Å². The van der Waals surface area contributed by atoms with Crippen molar-refractivity contribution >= 4 is 27.5 Å². The van der Waals surface area contributed by atoms with Gasteiger partial charge in [-0.1, -0.05) is 15.9 Å². The van der Waals surface area contributed by atoms with E-state index in [1.54, 1.807) is 0 Å². The minimum Gasteiger partial charge on any atom is -0.490 e. The summed E-state index contributed by atoms with van der Waals surface area (Å²) in [5.41, 5.74) is 0.236. The first kappa shape index (κ1) is 10.5. The molecule has 1 heterocycles. The predicted molar refractivity (Wildman–Crippen MR) is 62.0 cm³/mol. The van der Waals surface area contributed by atoms with Gasteiger partial charge in [0.1, 0.15) is 12.4 Å². The molecule has 1 aliphatic rings. The van der Waals surface area contributed by atoms with E-state index >= 15 is 0 Å². The summed E-state index contributed by atoms with van der Waals surface area (Å²) in [7, 11) is 0. The third-order valence-electron chi connectivity index (χ3n) is 2.40. The number of benzene rings is 1. The van der Waals surface area contributed by atoms with Crippen molar-refractivity contribution < 1.29 is 9.53 Å². The van der Waals surface area contributed by atoms with E-state index in [0.717, 1.165) is 10.2 Å². The van der Waals surface area contributed by atoms with Gasteiger partial charge in [-0.3, -0.25) is 4.79 Å². The Morgan fingerprint density at radius 3 is 2.93 bits per heavy atom. The number of carbonyl (C=O) groups excluding carboxylic acids is 1. The van der Waals surface area contributed by atoms with Crippen molar-refractivity contribution in [1.82, 2.24) is 0 Å². The van der Waals surface area contributed by atoms with Crippen molar-refractivity contribution in [3.05, 3.63) is 22.7 Å². The Hall–Kier alpha value is -1.03. The molecule has 0 saturated carbocycles. The highest BCUT2D eigenvalue weighted by Crippen LogP contribution is 2.33. The molecule has 80 valence electrons. The third kappa shape index (κ3) is 2.00. The first-order valence-corrected chi connectivity index (χ1v) is 5.52. The zero-order chi connectivity index (χ0) is 11.1. The second kappa shape index (κ2) is 3.52. The number of ether oxygens (including phenoxy) is 1. The van der Waals surface area contributed by atoms with Crippen molar-refractivity contribution in [3.63, 3.8) is 0 Å². The summed E-state index contributed by atoms with van der Waals surface area (Å²) in [6, 6.07) is 5.57. The van der Waals surface area contributed by atoms with Crippen LogP contribution < -0.4 is 10.1 Å². The normalized spacial score (nSPS) is 18.5. The Bertz CT molecular complexity index is 415. The van der Waals surface area contributed by atoms with Crippen LogP contribution >= 0.6 is 15.9 Å². The van der Waals surface area contributed by atoms with Crippen molar-refractivity contribution in [2.75, 3.05) is 11.9 Å². The van der Waals surface area contributed by atoms with E-state index in [0.29, 0.717) is 12.4 Å². The third-order valence-corrected chi connectivity index (χ3v) is 2.89. The first-order chi connectivity index (χ1) is 6.99. The predicted octanol–water partition coefficient (Wildman–Crippen LogP) is 2.81. The van der Waals surface area contributed by atoms with Crippen LogP contribution in [-0.2, 0) is 4.79 Å². The lowest BCUT2D eigenvalue weighted by atomic mass is 9.94. The highest BCUT2D eigenvalue weighted by molar-refractivity contribution is 9.10. The van der Waals surface area contributed by atoms with Crippen molar-refractivity contribution in [2.24, 2.45) is 5.41 Å². The van der Waals surface area contributed by atoms with Gasteiger partial charge in [0.15, 0.2) is 0 Å². The lowest BCUT2D eigenvalue weighted by molar-refractivity contribution is -0.124. The van der Waals surface area contributed by atoms with E-state index in [4.69, 9.17) is 4.74 Å². The van der Waals surface area contributed by atoms with Crippen LogP contribution in [-0.4, -0.2) is 12.5 Å². The monoisotopic (exact) mass is 269 g/mol. The molecular weight excluding hydrogens is 258 g/mol. The molecule has 1 aromatic rings. The van der Waals surface area contributed by atoms with Gasteiger partial charge in [-0.05, 0) is 32.0 Å². The maximum Gasteiger partial charge on any atom is 0.233 e. The van der Waals surface area contributed by atoms with Gasteiger partial charge in [0.2, 0.25) is 5.91 Å². The number of amides is 1. The molecule has 0 radical (unpaired) electrons. The zero-order valence-corrected chi connectivity index (χ0v) is 10.2. The van der Waals surface area contributed by atoms with Crippen LogP contribution in [0.2, 0.25) is 0 Å². The molecule has 1 aromatic carbocycles. The first-order valence-electron chi connectivity index (χ1n) is 4.73. The van der Waals surface area contributed by atoms with Crippen LogP contribution in [0.25, 0.3) is 0 Å². The molecule has 1 aliphatic heterocycles. The number of rotatable bonds is 0. The molecule has 1 amide bonds. The van der Waals surface area contributed by atoms with E-state index < -0.39 is 5.41 Å². The van der Waals surface area contributed by atoms with Crippen LogP contribution in [0.1, 0.15) is 13.8 Å². The molecule has 0 aromatic heterocycles. The molecule has 15 heavy (non-hydrogen) atoms. The Morgan fingerprint density at radius 1 is 1.47 bits per heavy atom. The number of anilines is 1. The van der Waals surface area contributed by atoms with Crippen LogP contribution in [0.3, 0.4) is 0 Å². The van der Waals surface area contributed by atoms with Gasteiger partial charge in [0, 0.05) is 4.47 Å². The van der Waals surface area contributed by atoms with Gasteiger partial charge < -0.3 is 10.1 Å². The average Bonchev–Trinajstić information content (AvgIpc) is 2.27. The lowest BCUT2D eigenvalue weighted by Gasteiger charge is -2.18. The second-order valence-electron chi connectivity index (χ2n) is 4.27. The largest absolute Gasteiger partial charge is 0.490 e. The standard InChI is InChI=1S/C11H12BrNO2/c1-11(2)6-15-9-5-7(12)3-4-8(9)13-10(11)14/h3-5H,6H2,1-2H3,(H,13,14). The smallest absolute Gasteiger partial charge is 0.233 e. The molecule has 0 atom stereocenters.